The van der Waals surface area contributed by atoms with Gasteiger partial charge >= 0.3 is 0 Å². The summed E-state index contributed by atoms with van der Waals surface area (Å²) in [6.45, 7) is 7.15. The van der Waals surface area contributed by atoms with Crippen LogP contribution in [0.3, 0.4) is 0 Å². The average molecular weight is 348 g/mol. The lowest BCUT2D eigenvalue weighted by atomic mass is 10.1. The highest BCUT2D eigenvalue weighted by Gasteiger charge is 2.14. The second-order valence-corrected chi connectivity index (χ2v) is 6.35. The van der Waals surface area contributed by atoms with Crippen LogP contribution >= 0.6 is 15.9 Å². The maximum atomic E-state index is 6.20. The number of benzene rings is 2. The van der Waals surface area contributed by atoms with Gasteiger partial charge in [-0.25, -0.2) is 0 Å². The van der Waals surface area contributed by atoms with Crippen molar-refractivity contribution in [3.8, 4) is 5.75 Å². The van der Waals surface area contributed by atoms with E-state index in [4.69, 9.17) is 4.74 Å². The SMILES string of the molecule is Cc1cc(OC(CNC(C)C)c2ccccc2)ccc1Br. The van der Waals surface area contributed by atoms with Gasteiger partial charge in [-0.15, -0.1) is 0 Å². The van der Waals surface area contributed by atoms with Crippen LogP contribution in [0.4, 0.5) is 0 Å². The van der Waals surface area contributed by atoms with Crippen molar-refractivity contribution in [3.05, 3.63) is 64.1 Å². The third-order valence-corrected chi connectivity index (χ3v) is 4.18. The van der Waals surface area contributed by atoms with Crippen LogP contribution in [-0.2, 0) is 0 Å². The fourth-order valence-electron chi connectivity index (χ4n) is 2.09. The highest BCUT2D eigenvalue weighted by atomic mass is 79.9. The monoisotopic (exact) mass is 347 g/mol. The minimum absolute atomic E-state index is 0.00850. The Hall–Kier alpha value is -1.32. The molecule has 0 aliphatic heterocycles. The molecule has 0 amide bonds. The van der Waals surface area contributed by atoms with E-state index in [1.807, 2.05) is 30.3 Å². The molecule has 1 N–H and O–H groups in total. The summed E-state index contributed by atoms with van der Waals surface area (Å²) in [7, 11) is 0. The van der Waals surface area contributed by atoms with Crippen molar-refractivity contribution in [1.29, 1.82) is 0 Å². The van der Waals surface area contributed by atoms with Crippen molar-refractivity contribution >= 4 is 15.9 Å². The third kappa shape index (κ3) is 4.87. The quantitative estimate of drug-likeness (QED) is 0.804. The smallest absolute Gasteiger partial charge is 0.136 e. The van der Waals surface area contributed by atoms with Gasteiger partial charge < -0.3 is 10.1 Å². The summed E-state index contributed by atoms with van der Waals surface area (Å²) >= 11 is 3.52. The standard InChI is InChI=1S/C18H22BrNO/c1-13(2)20-12-18(15-7-5-4-6-8-15)21-16-9-10-17(19)14(3)11-16/h4-11,13,18,20H,12H2,1-3H3. The first kappa shape index (κ1) is 16.1. The van der Waals surface area contributed by atoms with E-state index in [0.717, 1.165) is 16.8 Å². The van der Waals surface area contributed by atoms with E-state index < -0.39 is 0 Å². The second-order valence-electron chi connectivity index (χ2n) is 5.49. The molecule has 0 saturated carbocycles. The first-order valence-corrected chi connectivity index (χ1v) is 8.06. The van der Waals surface area contributed by atoms with Crippen molar-refractivity contribution in [3.63, 3.8) is 0 Å². The van der Waals surface area contributed by atoms with Crippen LogP contribution < -0.4 is 10.1 Å². The summed E-state index contributed by atoms with van der Waals surface area (Å²) in [5.74, 6) is 0.898. The van der Waals surface area contributed by atoms with E-state index in [-0.39, 0.29) is 6.10 Å². The molecule has 0 bridgehead atoms. The first-order valence-electron chi connectivity index (χ1n) is 7.27. The van der Waals surface area contributed by atoms with E-state index in [0.29, 0.717) is 6.04 Å². The van der Waals surface area contributed by atoms with Crippen LogP contribution in [0.5, 0.6) is 5.75 Å². The zero-order valence-electron chi connectivity index (χ0n) is 12.8. The van der Waals surface area contributed by atoms with Crippen LogP contribution in [0.15, 0.2) is 53.0 Å². The third-order valence-electron chi connectivity index (χ3n) is 3.29. The Morgan fingerprint density at radius 1 is 1.10 bits per heavy atom. The lowest BCUT2D eigenvalue weighted by Gasteiger charge is -2.22. The number of halogens is 1. The molecule has 0 heterocycles. The van der Waals surface area contributed by atoms with Gasteiger partial charge in [0.05, 0.1) is 0 Å². The molecule has 21 heavy (non-hydrogen) atoms. The fourth-order valence-corrected chi connectivity index (χ4v) is 2.34. The highest BCUT2D eigenvalue weighted by molar-refractivity contribution is 9.10. The normalized spacial score (nSPS) is 12.4. The van der Waals surface area contributed by atoms with Gasteiger partial charge in [0, 0.05) is 17.1 Å². The molecule has 0 saturated heterocycles. The number of hydrogen-bond donors (Lipinski definition) is 1. The van der Waals surface area contributed by atoms with Crippen molar-refractivity contribution in [2.45, 2.75) is 32.9 Å². The second kappa shape index (κ2) is 7.62. The first-order chi connectivity index (χ1) is 10.1. The molecule has 2 rings (SSSR count). The molecule has 2 aromatic rings. The minimum atomic E-state index is 0.00850. The minimum Gasteiger partial charge on any atom is -0.484 e. The number of hydrogen-bond acceptors (Lipinski definition) is 2. The van der Waals surface area contributed by atoms with E-state index >= 15 is 0 Å². The number of aryl methyl sites for hydroxylation is 1. The van der Waals surface area contributed by atoms with Crippen LogP contribution in [0.2, 0.25) is 0 Å². The average Bonchev–Trinajstić information content (AvgIpc) is 2.48. The van der Waals surface area contributed by atoms with E-state index in [1.165, 1.54) is 11.1 Å². The van der Waals surface area contributed by atoms with Gasteiger partial charge in [0.1, 0.15) is 11.9 Å². The molecular weight excluding hydrogens is 326 g/mol. The number of nitrogens with one attached hydrogen (secondary N) is 1. The molecule has 0 aliphatic carbocycles. The summed E-state index contributed by atoms with van der Waals surface area (Å²) in [6, 6.07) is 16.9. The van der Waals surface area contributed by atoms with Crippen molar-refractivity contribution < 1.29 is 4.74 Å². The molecule has 0 radical (unpaired) electrons. The lowest BCUT2D eigenvalue weighted by Crippen LogP contribution is -2.30. The van der Waals surface area contributed by atoms with E-state index in [2.05, 4.69) is 60.2 Å². The Balaban J connectivity index is 2.17. The Morgan fingerprint density at radius 3 is 2.43 bits per heavy atom. The summed E-state index contributed by atoms with van der Waals surface area (Å²) < 4.78 is 7.31. The topological polar surface area (TPSA) is 21.3 Å². The van der Waals surface area contributed by atoms with Crippen molar-refractivity contribution in [2.75, 3.05) is 6.54 Å². The van der Waals surface area contributed by atoms with E-state index in [9.17, 15) is 0 Å². The van der Waals surface area contributed by atoms with Crippen molar-refractivity contribution in [2.24, 2.45) is 0 Å². The van der Waals surface area contributed by atoms with Gasteiger partial charge in [0.25, 0.3) is 0 Å². The van der Waals surface area contributed by atoms with Gasteiger partial charge in [0.15, 0.2) is 0 Å². The Morgan fingerprint density at radius 2 is 1.81 bits per heavy atom. The number of rotatable bonds is 6. The van der Waals surface area contributed by atoms with E-state index in [1.54, 1.807) is 0 Å². The lowest BCUT2D eigenvalue weighted by molar-refractivity contribution is 0.198. The van der Waals surface area contributed by atoms with Crippen LogP contribution in [0.25, 0.3) is 0 Å². The molecular formula is C18H22BrNO. The fraction of sp³-hybridized carbons (Fsp3) is 0.333. The maximum Gasteiger partial charge on any atom is 0.136 e. The van der Waals surface area contributed by atoms with Crippen LogP contribution in [0, 0.1) is 6.92 Å². The van der Waals surface area contributed by atoms with Gasteiger partial charge in [-0.3, -0.25) is 0 Å². The predicted molar refractivity (Wildman–Crippen MR) is 91.8 cm³/mol. The maximum absolute atomic E-state index is 6.20. The number of ether oxygens (including phenoxy) is 1. The molecule has 3 heteroatoms. The van der Waals surface area contributed by atoms with Gasteiger partial charge in [-0.2, -0.15) is 0 Å². The largest absolute Gasteiger partial charge is 0.484 e. The van der Waals surface area contributed by atoms with Crippen LogP contribution in [0.1, 0.15) is 31.1 Å². The molecule has 2 nitrogen and oxygen atoms in total. The Bertz CT molecular complexity index is 569. The molecule has 1 atom stereocenters. The van der Waals surface area contributed by atoms with Gasteiger partial charge in [-0.1, -0.05) is 60.1 Å². The zero-order chi connectivity index (χ0) is 15.2. The Labute approximate surface area is 135 Å². The molecule has 1 unspecified atom stereocenters. The Kier molecular flexibility index (Phi) is 5.83. The molecule has 112 valence electrons. The summed E-state index contributed by atoms with van der Waals surface area (Å²) in [5, 5.41) is 3.46. The molecule has 0 aliphatic rings. The zero-order valence-corrected chi connectivity index (χ0v) is 14.4. The summed E-state index contributed by atoms with van der Waals surface area (Å²) in [4.78, 5) is 0. The highest BCUT2D eigenvalue weighted by Crippen LogP contribution is 2.26. The van der Waals surface area contributed by atoms with Gasteiger partial charge in [-0.05, 0) is 36.2 Å². The van der Waals surface area contributed by atoms with Crippen LogP contribution in [-0.4, -0.2) is 12.6 Å². The summed E-state index contributed by atoms with van der Waals surface area (Å²) in [5.41, 5.74) is 2.36. The van der Waals surface area contributed by atoms with Gasteiger partial charge in [0.2, 0.25) is 0 Å². The predicted octanol–water partition coefficient (Wildman–Crippen LogP) is 4.88. The molecule has 2 aromatic carbocycles. The molecule has 0 fully saturated rings. The molecule has 0 spiro atoms. The molecule has 0 aromatic heterocycles. The van der Waals surface area contributed by atoms with Crippen molar-refractivity contribution in [1.82, 2.24) is 5.32 Å². The summed E-state index contributed by atoms with van der Waals surface area (Å²) in [6.07, 6.45) is 0.00850.